The van der Waals surface area contributed by atoms with Crippen LogP contribution in [0.1, 0.15) is 11.1 Å². The number of hydrogen-bond acceptors (Lipinski definition) is 6. The Kier molecular flexibility index (Phi) is 11.6. The highest BCUT2D eigenvalue weighted by Gasteiger charge is 2.23. The Morgan fingerprint density at radius 3 is 1.42 bits per heavy atom. The van der Waals surface area contributed by atoms with Crippen LogP contribution >= 0.6 is 11.6 Å². The minimum atomic E-state index is 0.215. The van der Waals surface area contributed by atoms with Crippen molar-refractivity contribution in [2.24, 2.45) is 0 Å². The molecule has 14 aromatic carbocycles. The van der Waals surface area contributed by atoms with E-state index in [9.17, 15) is 0 Å². The smallest absolute Gasteiger partial charge is 0.236 e. The summed E-state index contributed by atoms with van der Waals surface area (Å²) >= 11 is 6.26. The van der Waals surface area contributed by atoms with Gasteiger partial charge in [-0.2, -0.15) is 0 Å². The van der Waals surface area contributed by atoms with Crippen molar-refractivity contribution in [2.45, 2.75) is 6.42 Å². The molecule has 0 bridgehead atoms. The maximum atomic E-state index is 6.49. The van der Waals surface area contributed by atoms with Crippen LogP contribution in [0.2, 0.25) is 5.28 Å². The molecule has 0 atom stereocenters. The van der Waals surface area contributed by atoms with Crippen molar-refractivity contribution in [1.82, 2.24) is 24.5 Å². The van der Waals surface area contributed by atoms with Crippen LogP contribution in [-0.2, 0) is 6.42 Å². The van der Waals surface area contributed by atoms with Gasteiger partial charge in [0, 0.05) is 32.7 Å². The average molecular weight is 1160 g/mol. The number of nitrogens with zero attached hydrogens (tertiary/aromatic N) is 5. The topological polar surface area (TPSA) is 82.8 Å². The summed E-state index contributed by atoms with van der Waals surface area (Å²) in [5, 5.41) is 19.2. The summed E-state index contributed by atoms with van der Waals surface area (Å²) in [6, 6.07) is 98.0. The van der Waals surface area contributed by atoms with E-state index >= 15 is 0 Å². The van der Waals surface area contributed by atoms with Gasteiger partial charge in [0.25, 0.3) is 0 Å². The Labute approximate surface area is 514 Å². The van der Waals surface area contributed by atoms with Gasteiger partial charge in [0.2, 0.25) is 11.2 Å². The number of aromatic nitrogens is 5. The largest absolute Gasteiger partial charge is 0.452 e. The predicted octanol–water partition coefficient (Wildman–Crippen LogP) is 22.0. The summed E-state index contributed by atoms with van der Waals surface area (Å²) < 4.78 is 14.8. The first kappa shape index (κ1) is 50.8. The van der Waals surface area contributed by atoms with Crippen molar-refractivity contribution in [2.75, 3.05) is 0 Å². The molecule has 0 unspecified atom stereocenters. The summed E-state index contributed by atoms with van der Waals surface area (Å²) in [5.41, 5.74) is 15.8. The molecule has 5 heterocycles. The molecule has 0 saturated carbocycles. The van der Waals surface area contributed by atoms with Crippen molar-refractivity contribution < 1.29 is 8.83 Å². The van der Waals surface area contributed by atoms with E-state index in [1.165, 1.54) is 86.9 Å². The van der Waals surface area contributed by atoms with Gasteiger partial charge in [-0.1, -0.05) is 218 Å². The zero-order chi connectivity index (χ0) is 58.7. The fourth-order valence-electron chi connectivity index (χ4n) is 13.7. The average Bonchev–Trinajstić information content (AvgIpc) is 1.77. The molecule has 89 heavy (non-hydrogen) atoms. The third kappa shape index (κ3) is 8.42. The maximum absolute atomic E-state index is 6.49. The summed E-state index contributed by atoms with van der Waals surface area (Å²) in [6.07, 6.45) is 1.08. The predicted molar refractivity (Wildman–Crippen MR) is 369 cm³/mol. The summed E-state index contributed by atoms with van der Waals surface area (Å²) in [5.74, 6) is 0.624. The molecule has 8 heteroatoms. The lowest BCUT2D eigenvalue weighted by atomic mass is 9.99. The molecule has 1 aliphatic rings. The second-order valence-electron chi connectivity index (χ2n) is 23.0. The molecule has 20 rings (SSSR count). The van der Waals surface area contributed by atoms with E-state index in [1.54, 1.807) is 0 Å². The molecule has 0 saturated heterocycles. The number of benzene rings is 14. The first-order valence-corrected chi connectivity index (χ1v) is 30.3. The lowest BCUT2D eigenvalue weighted by molar-refractivity contribution is 0.666. The molecule has 5 aromatic heterocycles. The monoisotopic (exact) mass is 1160 g/mol. The molecular weight excluding hydrogens is 1110 g/mol. The van der Waals surface area contributed by atoms with Gasteiger partial charge >= 0.3 is 0 Å². The molecule has 0 amide bonds. The van der Waals surface area contributed by atoms with Crippen LogP contribution < -0.4 is 0 Å². The Morgan fingerprint density at radius 1 is 0.303 bits per heavy atom. The van der Waals surface area contributed by atoms with Gasteiger partial charge < -0.3 is 8.83 Å². The Bertz CT molecular complexity index is 6140. The van der Waals surface area contributed by atoms with E-state index in [2.05, 4.69) is 251 Å². The van der Waals surface area contributed by atoms with Crippen LogP contribution in [0.3, 0.4) is 0 Å². The first-order valence-electron chi connectivity index (χ1n) is 29.9. The van der Waals surface area contributed by atoms with Crippen molar-refractivity contribution in [1.29, 1.82) is 0 Å². The van der Waals surface area contributed by atoms with Crippen LogP contribution in [0.25, 0.3) is 170 Å². The molecule has 0 aliphatic heterocycles. The molecule has 1 aliphatic carbocycles. The SMILES string of the molecule is Clc1nc(-c2ccc3c(ccc4ccccc43)c2)c2oc3ccccc3c2n1.c1ccc2c(c1)Cc1cc3ccccc3cc1-2.c1ccc2cc3c(cc2c1)c1ccccc1n3-c1nc(-c2ccc3c(ccc4ccccc43)c2)c2oc3ccccc3c2n1. The van der Waals surface area contributed by atoms with E-state index in [-0.39, 0.29) is 5.28 Å². The zero-order valence-electron chi connectivity index (χ0n) is 47.7. The molecule has 0 fully saturated rings. The van der Waals surface area contributed by atoms with E-state index in [1.807, 2.05) is 42.5 Å². The number of rotatable bonds is 3. The number of furan rings is 2. The fourth-order valence-corrected chi connectivity index (χ4v) is 13.8. The first-order chi connectivity index (χ1) is 44.0. The summed E-state index contributed by atoms with van der Waals surface area (Å²) in [4.78, 5) is 19.5. The van der Waals surface area contributed by atoms with Gasteiger partial charge in [-0.15, -0.1) is 0 Å². The summed E-state index contributed by atoms with van der Waals surface area (Å²) in [6.45, 7) is 0. The molecule has 0 N–H and O–H groups in total. The second-order valence-corrected chi connectivity index (χ2v) is 23.3. The maximum Gasteiger partial charge on any atom is 0.236 e. The highest BCUT2D eigenvalue weighted by Crippen LogP contribution is 2.42. The van der Waals surface area contributed by atoms with Gasteiger partial charge in [-0.25, -0.2) is 19.9 Å². The van der Waals surface area contributed by atoms with Crippen molar-refractivity contribution >= 4 is 142 Å². The lowest BCUT2D eigenvalue weighted by Crippen LogP contribution is -2.03. The fraction of sp³-hybridized carbons (Fsp3) is 0.0123. The van der Waals surface area contributed by atoms with Crippen LogP contribution in [-0.4, -0.2) is 24.5 Å². The minimum absolute atomic E-state index is 0.215. The lowest BCUT2D eigenvalue weighted by Gasteiger charge is -2.11. The Hall–Kier alpha value is -11.5. The molecule has 7 nitrogen and oxygen atoms in total. The number of hydrogen-bond donors (Lipinski definition) is 0. The van der Waals surface area contributed by atoms with Gasteiger partial charge in [-0.05, 0) is 166 Å². The van der Waals surface area contributed by atoms with Crippen LogP contribution in [0.15, 0.2) is 288 Å². The van der Waals surface area contributed by atoms with E-state index in [0.29, 0.717) is 22.8 Å². The van der Waals surface area contributed by atoms with E-state index in [0.717, 1.165) is 78.0 Å². The molecular formula is C81H48ClN5O2. The second kappa shape index (κ2) is 20.3. The quantitative estimate of drug-likeness (QED) is 0.129. The number of fused-ring (bicyclic) bond motifs is 20. The van der Waals surface area contributed by atoms with E-state index in [4.69, 9.17) is 30.4 Å². The van der Waals surface area contributed by atoms with Crippen molar-refractivity contribution in [3.05, 3.63) is 295 Å². The van der Waals surface area contributed by atoms with Crippen molar-refractivity contribution in [3.8, 4) is 39.6 Å². The van der Waals surface area contributed by atoms with Gasteiger partial charge in [-0.3, -0.25) is 4.57 Å². The Balaban J connectivity index is 0.000000111. The Morgan fingerprint density at radius 2 is 0.775 bits per heavy atom. The van der Waals surface area contributed by atoms with Crippen LogP contribution in [0, 0.1) is 0 Å². The third-order valence-corrected chi connectivity index (χ3v) is 18.0. The minimum Gasteiger partial charge on any atom is -0.452 e. The normalized spacial score (nSPS) is 12.1. The van der Waals surface area contributed by atoms with Crippen molar-refractivity contribution in [3.63, 3.8) is 0 Å². The standard InChI is InChI=1S/C40H23N3O.C24H13ClN2O.C17H12/c1-2-11-26-23-35-33(22-25(26)10-1)31-13-5-7-15-34(31)43(35)40-41-37(39-38(42-40)32-14-6-8-16-36(32)44-39)28-19-20-30-27(21-28)18-17-24-9-3-4-12-29(24)30;25-24-26-21(23-22(27-24)19-7-3-4-8-20(19)28-23)16-11-12-18-15(13-16)10-9-14-5-1-2-6-17(14)18;1-2-6-13-11-17-15(9-12(13)5-1)10-14-7-3-4-8-16(14)17/h1-23H;1-13H;1-9,11H,10H2. The highest BCUT2D eigenvalue weighted by molar-refractivity contribution is 6.29. The molecule has 416 valence electrons. The van der Waals surface area contributed by atoms with Gasteiger partial charge in [0.1, 0.15) is 33.6 Å². The zero-order valence-corrected chi connectivity index (χ0v) is 48.5. The van der Waals surface area contributed by atoms with Gasteiger partial charge in [0.05, 0.1) is 11.0 Å². The van der Waals surface area contributed by atoms with Gasteiger partial charge in [0.15, 0.2) is 11.2 Å². The highest BCUT2D eigenvalue weighted by atomic mass is 35.5. The molecule has 0 spiro atoms. The van der Waals surface area contributed by atoms with Crippen LogP contribution in [0.5, 0.6) is 0 Å². The number of para-hydroxylation sites is 3. The number of halogens is 1. The van der Waals surface area contributed by atoms with Crippen LogP contribution in [0.4, 0.5) is 0 Å². The summed E-state index contributed by atoms with van der Waals surface area (Å²) in [7, 11) is 0. The third-order valence-electron chi connectivity index (χ3n) is 17.8. The molecule has 19 aromatic rings. The van der Waals surface area contributed by atoms with E-state index < -0.39 is 0 Å². The molecule has 0 radical (unpaired) electrons.